The van der Waals surface area contributed by atoms with Gasteiger partial charge in [0, 0.05) is 30.3 Å². The van der Waals surface area contributed by atoms with Crippen LogP contribution in [0.25, 0.3) is 11.3 Å². The van der Waals surface area contributed by atoms with Crippen LogP contribution in [0.5, 0.6) is 11.5 Å². The van der Waals surface area contributed by atoms with Crippen molar-refractivity contribution in [2.45, 2.75) is 25.9 Å². The molecule has 2 aromatic rings. The second kappa shape index (κ2) is 6.81. The summed E-state index contributed by atoms with van der Waals surface area (Å²) in [7, 11) is 0. The van der Waals surface area contributed by atoms with Gasteiger partial charge in [-0.3, -0.25) is 5.10 Å². The van der Waals surface area contributed by atoms with E-state index in [1.165, 1.54) is 0 Å². The van der Waals surface area contributed by atoms with Gasteiger partial charge in [0.1, 0.15) is 13.2 Å². The van der Waals surface area contributed by atoms with E-state index in [0.717, 1.165) is 34.7 Å². The van der Waals surface area contributed by atoms with Crippen molar-refractivity contribution in [3.63, 3.8) is 0 Å². The molecule has 0 fully saturated rings. The molecule has 3 rings (SSSR count). The highest BCUT2D eigenvalue weighted by molar-refractivity contribution is 5.66. The van der Waals surface area contributed by atoms with E-state index < -0.39 is 0 Å². The number of aromatic amines is 1. The van der Waals surface area contributed by atoms with Crippen LogP contribution in [0, 0.1) is 0 Å². The molecule has 1 aliphatic rings. The highest BCUT2D eigenvalue weighted by Crippen LogP contribution is 2.34. The molecular weight excluding hydrogens is 282 g/mol. The molecule has 0 bridgehead atoms. The predicted octanol–water partition coefficient (Wildman–Crippen LogP) is 1.71. The summed E-state index contributed by atoms with van der Waals surface area (Å²) in [6, 6.07) is 6.16. The van der Waals surface area contributed by atoms with E-state index in [4.69, 9.17) is 14.6 Å². The minimum Gasteiger partial charge on any atom is -0.486 e. The first-order valence-electron chi connectivity index (χ1n) is 7.54. The summed E-state index contributed by atoms with van der Waals surface area (Å²) in [5.41, 5.74) is 3.08. The zero-order chi connectivity index (χ0) is 15.4. The molecule has 1 unspecified atom stereocenters. The molecule has 0 saturated carbocycles. The molecule has 118 valence electrons. The number of rotatable bonds is 6. The van der Waals surface area contributed by atoms with Crippen molar-refractivity contribution in [3.8, 4) is 22.8 Å². The molecule has 3 N–H and O–H groups in total. The lowest BCUT2D eigenvalue weighted by molar-refractivity contribution is 0.171. The van der Waals surface area contributed by atoms with Gasteiger partial charge in [0.2, 0.25) is 0 Å². The lowest BCUT2D eigenvalue weighted by atomic mass is 10.1. The molecule has 0 saturated heterocycles. The number of hydrogen-bond acceptors (Lipinski definition) is 5. The fraction of sp³-hybridized carbons (Fsp3) is 0.438. The van der Waals surface area contributed by atoms with Gasteiger partial charge in [-0.2, -0.15) is 5.10 Å². The van der Waals surface area contributed by atoms with E-state index in [1.807, 2.05) is 24.4 Å². The van der Waals surface area contributed by atoms with Crippen molar-refractivity contribution in [2.75, 3.05) is 19.8 Å². The Bertz CT molecular complexity index is 627. The Morgan fingerprint density at radius 3 is 2.95 bits per heavy atom. The lowest BCUT2D eigenvalue weighted by Crippen LogP contribution is -2.26. The van der Waals surface area contributed by atoms with Crippen molar-refractivity contribution in [2.24, 2.45) is 0 Å². The van der Waals surface area contributed by atoms with E-state index in [2.05, 4.69) is 22.4 Å². The molecular formula is C16H21N3O3. The van der Waals surface area contributed by atoms with Gasteiger partial charge in [-0.05, 0) is 31.5 Å². The van der Waals surface area contributed by atoms with Crippen LogP contribution >= 0.6 is 0 Å². The van der Waals surface area contributed by atoms with Crippen molar-refractivity contribution < 1.29 is 14.6 Å². The predicted molar refractivity (Wildman–Crippen MR) is 83.0 cm³/mol. The number of nitrogens with one attached hydrogen (secondary N) is 2. The van der Waals surface area contributed by atoms with Gasteiger partial charge in [0.25, 0.3) is 0 Å². The van der Waals surface area contributed by atoms with Crippen molar-refractivity contribution in [1.29, 1.82) is 0 Å². The van der Waals surface area contributed by atoms with Crippen LogP contribution in [-0.4, -0.2) is 41.2 Å². The molecule has 6 nitrogen and oxygen atoms in total. The fourth-order valence-corrected chi connectivity index (χ4v) is 2.47. The second-order valence-corrected chi connectivity index (χ2v) is 5.42. The lowest BCUT2D eigenvalue weighted by Gasteiger charge is -2.19. The van der Waals surface area contributed by atoms with E-state index in [9.17, 15) is 0 Å². The van der Waals surface area contributed by atoms with E-state index in [0.29, 0.717) is 19.8 Å². The molecule has 1 aromatic carbocycles. The maximum Gasteiger partial charge on any atom is 0.162 e. The highest BCUT2D eigenvalue weighted by Gasteiger charge is 2.15. The Kier molecular flexibility index (Phi) is 4.60. The van der Waals surface area contributed by atoms with Gasteiger partial charge in [-0.1, -0.05) is 0 Å². The molecule has 0 aliphatic carbocycles. The quantitative estimate of drug-likeness (QED) is 0.757. The molecule has 1 aliphatic heterocycles. The summed E-state index contributed by atoms with van der Waals surface area (Å²) in [4.78, 5) is 0. The number of aliphatic hydroxyl groups excluding tert-OH is 1. The monoisotopic (exact) mass is 303 g/mol. The standard InChI is InChI=1S/C16H21N3O3/c1-11(4-5-20)17-9-13-10-18-19-16(13)12-2-3-14-15(8-12)22-7-6-21-14/h2-3,8,10-11,17,20H,4-7,9H2,1H3,(H,18,19). The minimum absolute atomic E-state index is 0.189. The number of hydrogen-bond donors (Lipinski definition) is 3. The third-order valence-electron chi connectivity index (χ3n) is 3.75. The summed E-state index contributed by atoms with van der Waals surface area (Å²) in [6.07, 6.45) is 2.56. The summed E-state index contributed by atoms with van der Waals surface area (Å²) >= 11 is 0. The summed E-state index contributed by atoms with van der Waals surface area (Å²) < 4.78 is 11.2. The first kappa shape index (κ1) is 14.9. The maximum absolute atomic E-state index is 8.95. The molecule has 0 radical (unpaired) electrons. The van der Waals surface area contributed by atoms with Crippen LogP contribution in [0.2, 0.25) is 0 Å². The normalized spacial score (nSPS) is 14.8. The van der Waals surface area contributed by atoms with Crippen LogP contribution in [0.15, 0.2) is 24.4 Å². The van der Waals surface area contributed by atoms with Gasteiger partial charge in [0.15, 0.2) is 11.5 Å². The topological polar surface area (TPSA) is 79.4 Å². The molecule has 0 spiro atoms. The van der Waals surface area contributed by atoms with Crippen LogP contribution in [0.3, 0.4) is 0 Å². The first-order valence-corrected chi connectivity index (χ1v) is 7.54. The largest absolute Gasteiger partial charge is 0.486 e. The third-order valence-corrected chi connectivity index (χ3v) is 3.75. The van der Waals surface area contributed by atoms with Crippen LogP contribution < -0.4 is 14.8 Å². The van der Waals surface area contributed by atoms with Crippen molar-refractivity contribution in [3.05, 3.63) is 30.0 Å². The number of ether oxygens (including phenoxy) is 2. The van der Waals surface area contributed by atoms with Crippen molar-refractivity contribution >= 4 is 0 Å². The fourth-order valence-electron chi connectivity index (χ4n) is 2.47. The zero-order valence-electron chi connectivity index (χ0n) is 12.6. The van der Waals surface area contributed by atoms with Crippen LogP contribution in [0.1, 0.15) is 18.9 Å². The summed E-state index contributed by atoms with van der Waals surface area (Å²) in [6.45, 7) is 4.11. The van der Waals surface area contributed by atoms with Crippen LogP contribution in [-0.2, 0) is 6.54 Å². The van der Waals surface area contributed by atoms with Gasteiger partial charge in [-0.25, -0.2) is 0 Å². The number of aromatic nitrogens is 2. The molecule has 6 heteroatoms. The minimum atomic E-state index is 0.189. The molecule has 0 amide bonds. The smallest absolute Gasteiger partial charge is 0.162 e. The van der Waals surface area contributed by atoms with Gasteiger partial charge in [0.05, 0.1) is 11.9 Å². The number of fused-ring (bicyclic) bond motifs is 1. The second-order valence-electron chi connectivity index (χ2n) is 5.42. The van der Waals surface area contributed by atoms with Gasteiger partial charge >= 0.3 is 0 Å². The highest BCUT2D eigenvalue weighted by atomic mass is 16.6. The summed E-state index contributed by atoms with van der Waals surface area (Å²) in [5.74, 6) is 1.55. The Balaban J connectivity index is 1.76. The van der Waals surface area contributed by atoms with Gasteiger partial charge in [-0.15, -0.1) is 0 Å². The molecule has 22 heavy (non-hydrogen) atoms. The van der Waals surface area contributed by atoms with Gasteiger partial charge < -0.3 is 19.9 Å². The number of aliphatic hydroxyl groups is 1. The number of nitrogens with zero attached hydrogens (tertiary/aromatic N) is 1. The average molecular weight is 303 g/mol. The maximum atomic E-state index is 8.95. The summed E-state index contributed by atoms with van der Waals surface area (Å²) in [5, 5.41) is 19.5. The Morgan fingerprint density at radius 1 is 1.32 bits per heavy atom. The van der Waals surface area contributed by atoms with E-state index >= 15 is 0 Å². The number of H-pyrrole nitrogens is 1. The Labute approximate surface area is 129 Å². The Morgan fingerprint density at radius 2 is 2.14 bits per heavy atom. The SMILES string of the molecule is CC(CCO)NCc1cn[nH]c1-c1ccc2c(c1)OCCO2. The number of benzene rings is 1. The average Bonchev–Trinajstić information content (AvgIpc) is 3.01. The van der Waals surface area contributed by atoms with Crippen molar-refractivity contribution in [1.82, 2.24) is 15.5 Å². The molecule has 1 atom stereocenters. The van der Waals surface area contributed by atoms with Crippen LogP contribution in [0.4, 0.5) is 0 Å². The zero-order valence-corrected chi connectivity index (χ0v) is 12.6. The first-order chi connectivity index (χ1) is 10.8. The molecule has 2 heterocycles. The Hall–Kier alpha value is -2.05. The van der Waals surface area contributed by atoms with E-state index in [1.54, 1.807) is 0 Å². The molecule has 1 aromatic heterocycles. The third kappa shape index (κ3) is 3.23. The van der Waals surface area contributed by atoms with E-state index in [-0.39, 0.29) is 12.6 Å².